The zero-order valence-electron chi connectivity index (χ0n) is 9.79. The van der Waals surface area contributed by atoms with Gasteiger partial charge in [-0.15, -0.1) is 13.2 Å². The molecule has 1 aromatic rings. The molecule has 0 aromatic carbocycles. The van der Waals surface area contributed by atoms with E-state index in [-0.39, 0.29) is 6.07 Å². The van der Waals surface area contributed by atoms with E-state index in [1.165, 1.54) is 0 Å². The molecule has 0 aliphatic rings. The van der Waals surface area contributed by atoms with E-state index >= 15 is 0 Å². The first-order chi connectivity index (χ1) is 9.25. The molecular weight excluding hydrogens is 332 g/mol. The minimum Gasteiger partial charge on any atom is -0.386 e. The van der Waals surface area contributed by atoms with Gasteiger partial charge in [-0.2, -0.15) is 13.2 Å². The molecule has 0 radical (unpaired) electrons. The first kappa shape index (κ1) is 17.5. The molecule has 1 aromatic heterocycles. The highest BCUT2D eigenvalue weighted by molar-refractivity contribution is 7.89. The van der Waals surface area contributed by atoms with E-state index in [0.717, 1.165) is 0 Å². The molecule has 0 unspecified atom stereocenters. The highest BCUT2D eigenvalue weighted by Crippen LogP contribution is 2.39. The molecule has 0 saturated carbocycles. The number of halogens is 6. The second-order valence-corrected chi connectivity index (χ2v) is 5.09. The second-order valence-electron chi connectivity index (χ2n) is 3.59. The summed E-state index contributed by atoms with van der Waals surface area (Å²) in [5.74, 6) is -1.83. The van der Waals surface area contributed by atoms with Gasteiger partial charge in [0.1, 0.15) is 0 Å². The van der Waals surface area contributed by atoms with Crippen LogP contribution in [0, 0.1) is 0 Å². The number of hydrogen-bond donors (Lipinski definition) is 2. The van der Waals surface area contributed by atoms with Gasteiger partial charge in [0, 0.05) is 6.54 Å². The number of primary sulfonamides is 1. The minimum absolute atomic E-state index is 0.184. The van der Waals surface area contributed by atoms with Crippen LogP contribution in [0.5, 0.6) is 5.88 Å². The Balaban J connectivity index is 3.76. The van der Waals surface area contributed by atoms with Crippen LogP contribution in [-0.4, -0.2) is 19.8 Å². The van der Waals surface area contributed by atoms with E-state index in [1.807, 2.05) is 0 Å². The number of ether oxygens (including phenoxy) is 1. The van der Waals surface area contributed by atoms with E-state index in [4.69, 9.17) is 5.73 Å². The number of aromatic nitrogens is 1. The number of nitrogens with two attached hydrogens (primary N) is 2. The normalized spacial score (nSPS) is 13.3. The molecule has 0 fully saturated rings. The van der Waals surface area contributed by atoms with E-state index < -0.39 is 51.1 Å². The predicted octanol–water partition coefficient (Wildman–Crippen LogP) is 1.11. The fourth-order valence-corrected chi connectivity index (χ4v) is 2.14. The highest BCUT2D eigenvalue weighted by Gasteiger charge is 2.42. The quantitative estimate of drug-likeness (QED) is 0.802. The lowest BCUT2D eigenvalue weighted by atomic mass is 10.2. The molecule has 4 N–H and O–H groups in total. The van der Waals surface area contributed by atoms with Crippen LogP contribution in [0.25, 0.3) is 0 Å². The Labute approximate surface area is 113 Å². The van der Waals surface area contributed by atoms with Crippen molar-refractivity contribution in [3.05, 3.63) is 17.3 Å². The second kappa shape index (κ2) is 5.31. The summed E-state index contributed by atoms with van der Waals surface area (Å²) in [4.78, 5) is 1.08. The smallest absolute Gasteiger partial charge is 0.386 e. The molecule has 0 aliphatic heterocycles. The summed E-state index contributed by atoms with van der Waals surface area (Å²) in [6.07, 6.45) is -10.8. The largest absolute Gasteiger partial charge is 0.574 e. The maximum Gasteiger partial charge on any atom is 0.574 e. The molecule has 13 heteroatoms. The van der Waals surface area contributed by atoms with Gasteiger partial charge < -0.3 is 10.5 Å². The molecule has 0 atom stereocenters. The van der Waals surface area contributed by atoms with Crippen molar-refractivity contribution in [1.82, 2.24) is 4.98 Å². The Kier molecular flexibility index (Phi) is 4.41. The van der Waals surface area contributed by atoms with E-state index in [1.54, 1.807) is 0 Å². The van der Waals surface area contributed by atoms with Crippen molar-refractivity contribution in [3.8, 4) is 5.88 Å². The summed E-state index contributed by atoms with van der Waals surface area (Å²) in [6.45, 7) is -0.678. The maximum atomic E-state index is 12.8. The van der Waals surface area contributed by atoms with Crippen molar-refractivity contribution in [2.75, 3.05) is 0 Å². The molecule has 1 rings (SSSR count). The summed E-state index contributed by atoms with van der Waals surface area (Å²) in [5.41, 5.74) is 2.40. The number of hydrogen-bond acceptors (Lipinski definition) is 5. The number of sulfonamides is 1. The predicted molar refractivity (Wildman–Crippen MR) is 55.2 cm³/mol. The molecular formula is C8H7F6N3O3S. The summed E-state index contributed by atoms with van der Waals surface area (Å²) < 4.78 is 100. The lowest BCUT2D eigenvalue weighted by Gasteiger charge is -2.17. The molecule has 0 spiro atoms. The summed E-state index contributed by atoms with van der Waals surface area (Å²) in [7, 11) is -5.19. The van der Waals surface area contributed by atoms with E-state index in [2.05, 4.69) is 14.9 Å². The van der Waals surface area contributed by atoms with E-state index in [9.17, 15) is 34.8 Å². The van der Waals surface area contributed by atoms with E-state index in [0.29, 0.717) is 0 Å². The lowest BCUT2D eigenvalue weighted by Crippen LogP contribution is -2.26. The fraction of sp³-hybridized carbons (Fsp3) is 0.375. The summed E-state index contributed by atoms with van der Waals surface area (Å²) in [6, 6.07) is 0.184. The number of nitrogens with zero attached hydrogens (tertiary/aromatic N) is 1. The van der Waals surface area contributed by atoms with Crippen LogP contribution in [0.2, 0.25) is 0 Å². The highest BCUT2D eigenvalue weighted by atomic mass is 32.2. The van der Waals surface area contributed by atoms with Gasteiger partial charge in [0.05, 0.1) is 11.3 Å². The Morgan fingerprint density at radius 1 is 1.19 bits per heavy atom. The molecule has 6 nitrogen and oxygen atoms in total. The van der Waals surface area contributed by atoms with Crippen LogP contribution in [0.15, 0.2) is 11.0 Å². The topological polar surface area (TPSA) is 108 Å². The minimum atomic E-state index is -5.47. The van der Waals surface area contributed by atoms with Crippen molar-refractivity contribution in [2.24, 2.45) is 10.9 Å². The van der Waals surface area contributed by atoms with Crippen LogP contribution in [0.4, 0.5) is 26.3 Å². The standard InChI is InChI=1S/C8H7F6N3O3S/c9-7(10,11)4-1-3(2-15)17-6(20-8(12,13)14)5(4)21(16,18)19/h1H,2,15H2,(H2,16,18,19). The van der Waals surface area contributed by atoms with Gasteiger partial charge in [-0.3, -0.25) is 0 Å². The van der Waals surface area contributed by atoms with Gasteiger partial charge in [-0.05, 0) is 6.07 Å². The average Bonchev–Trinajstić information content (AvgIpc) is 2.22. The monoisotopic (exact) mass is 339 g/mol. The Bertz CT molecular complexity index is 640. The summed E-state index contributed by atoms with van der Waals surface area (Å²) in [5, 5.41) is 4.52. The zero-order chi connectivity index (χ0) is 16.6. The first-order valence-electron chi connectivity index (χ1n) is 4.85. The van der Waals surface area contributed by atoms with Crippen molar-refractivity contribution < 1.29 is 39.5 Å². The van der Waals surface area contributed by atoms with Crippen LogP contribution in [0.1, 0.15) is 11.3 Å². The zero-order valence-corrected chi connectivity index (χ0v) is 10.6. The Morgan fingerprint density at radius 2 is 1.71 bits per heavy atom. The van der Waals surface area contributed by atoms with Gasteiger partial charge in [-0.25, -0.2) is 18.5 Å². The van der Waals surface area contributed by atoms with Gasteiger partial charge in [0.15, 0.2) is 4.90 Å². The average molecular weight is 339 g/mol. The number of alkyl halides is 6. The van der Waals surface area contributed by atoms with Crippen molar-refractivity contribution in [3.63, 3.8) is 0 Å². The van der Waals surface area contributed by atoms with Crippen LogP contribution >= 0.6 is 0 Å². The van der Waals surface area contributed by atoms with Crippen LogP contribution in [0.3, 0.4) is 0 Å². The summed E-state index contributed by atoms with van der Waals surface area (Å²) >= 11 is 0. The molecule has 1 heterocycles. The van der Waals surface area contributed by atoms with Gasteiger partial charge >= 0.3 is 12.5 Å². The molecule has 21 heavy (non-hydrogen) atoms. The molecule has 0 saturated heterocycles. The fourth-order valence-electron chi connectivity index (χ4n) is 1.33. The van der Waals surface area contributed by atoms with Gasteiger partial charge in [0.2, 0.25) is 15.9 Å². The van der Waals surface area contributed by atoms with Crippen LogP contribution < -0.4 is 15.6 Å². The lowest BCUT2D eigenvalue weighted by molar-refractivity contribution is -0.277. The number of pyridine rings is 1. The van der Waals surface area contributed by atoms with Crippen molar-refractivity contribution in [1.29, 1.82) is 0 Å². The van der Waals surface area contributed by atoms with Gasteiger partial charge in [-0.1, -0.05) is 0 Å². The third-order valence-electron chi connectivity index (χ3n) is 2.01. The Morgan fingerprint density at radius 3 is 2.05 bits per heavy atom. The molecule has 0 bridgehead atoms. The van der Waals surface area contributed by atoms with Crippen molar-refractivity contribution in [2.45, 2.75) is 24.0 Å². The molecule has 0 amide bonds. The third kappa shape index (κ3) is 4.44. The van der Waals surface area contributed by atoms with Crippen LogP contribution in [-0.2, 0) is 22.7 Å². The number of rotatable bonds is 3. The molecule has 0 aliphatic carbocycles. The Hall–Kier alpha value is -1.60. The first-order valence-corrected chi connectivity index (χ1v) is 6.40. The molecule has 120 valence electrons. The third-order valence-corrected chi connectivity index (χ3v) is 2.97. The van der Waals surface area contributed by atoms with Crippen molar-refractivity contribution >= 4 is 10.0 Å². The SMILES string of the molecule is NCc1cc(C(F)(F)F)c(S(N)(=O)=O)c(OC(F)(F)F)n1. The maximum absolute atomic E-state index is 12.8. The van der Waals surface area contributed by atoms with Gasteiger partial charge in [0.25, 0.3) is 0 Å².